The molecule has 2 aromatic carbocycles. The van der Waals surface area contributed by atoms with Gasteiger partial charge in [0.25, 0.3) is 5.91 Å². The number of nitrogens with zero attached hydrogens (tertiary/aromatic N) is 1. The Morgan fingerprint density at radius 2 is 1.93 bits per heavy atom. The third-order valence-corrected chi connectivity index (χ3v) is 4.65. The van der Waals surface area contributed by atoms with Crippen LogP contribution in [0.25, 0.3) is 0 Å². The van der Waals surface area contributed by atoms with Crippen LogP contribution in [0, 0.1) is 0 Å². The summed E-state index contributed by atoms with van der Waals surface area (Å²) in [6.07, 6.45) is -2.18. The lowest BCUT2D eigenvalue weighted by atomic mass is 10.1. The van der Waals surface area contributed by atoms with E-state index in [0.29, 0.717) is 5.69 Å². The van der Waals surface area contributed by atoms with Crippen LogP contribution in [0.3, 0.4) is 0 Å². The van der Waals surface area contributed by atoms with E-state index in [9.17, 15) is 18.0 Å². The molecule has 1 unspecified atom stereocenters. The van der Waals surface area contributed by atoms with Crippen LogP contribution in [-0.2, 0) is 10.9 Å². The molecule has 1 aliphatic heterocycles. The first-order chi connectivity index (χ1) is 12.9. The second kappa shape index (κ2) is 8.00. The van der Waals surface area contributed by atoms with Crippen molar-refractivity contribution in [2.75, 3.05) is 30.4 Å². The first-order valence-corrected chi connectivity index (χ1v) is 8.73. The summed E-state index contributed by atoms with van der Waals surface area (Å²) in [7, 11) is 1.71. The Hall–Kier alpha value is -2.54. The molecule has 0 radical (unpaired) electrons. The van der Waals surface area contributed by atoms with Gasteiger partial charge in [-0.2, -0.15) is 13.2 Å². The molecular weight excluding hydrogens is 357 g/mol. The van der Waals surface area contributed by atoms with Crippen LogP contribution in [0.2, 0.25) is 0 Å². The number of methoxy groups -OCH3 is 1. The van der Waals surface area contributed by atoms with Gasteiger partial charge in [-0.1, -0.05) is 6.07 Å². The molecule has 1 atom stereocenters. The molecule has 0 aromatic heterocycles. The number of benzene rings is 2. The summed E-state index contributed by atoms with van der Waals surface area (Å²) in [4.78, 5) is 14.5. The molecule has 1 saturated heterocycles. The maximum absolute atomic E-state index is 12.8. The molecule has 2 aromatic rings. The number of carbonyl (C=O) groups is 1. The summed E-state index contributed by atoms with van der Waals surface area (Å²) < 4.78 is 43.8. The van der Waals surface area contributed by atoms with Crippen LogP contribution in [0.5, 0.6) is 0 Å². The topological polar surface area (TPSA) is 41.6 Å². The van der Waals surface area contributed by atoms with E-state index in [1.54, 1.807) is 19.2 Å². The molecular formula is C20H21F3N2O2. The van der Waals surface area contributed by atoms with Gasteiger partial charge in [-0.25, -0.2) is 0 Å². The number of anilines is 2. The van der Waals surface area contributed by atoms with Crippen molar-refractivity contribution in [3.63, 3.8) is 0 Å². The Labute approximate surface area is 155 Å². The molecule has 1 aliphatic rings. The quantitative estimate of drug-likeness (QED) is 0.847. The van der Waals surface area contributed by atoms with Crippen molar-refractivity contribution in [1.29, 1.82) is 0 Å². The largest absolute Gasteiger partial charge is 0.416 e. The molecule has 0 spiro atoms. The van der Waals surface area contributed by atoms with Crippen molar-refractivity contribution in [2.24, 2.45) is 0 Å². The smallest absolute Gasteiger partial charge is 0.380 e. The lowest BCUT2D eigenvalue weighted by molar-refractivity contribution is -0.137. The minimum absolute atomic E-state index is 0.0344. The summed E-state index contributed by atoms with van der Waals surface area (Å²) in [5, 5.41) is 2.64. The molecule has 4 nitrogen and oxygen atoms in total. The van der Waals surface area contributed by atoms with Gasteiger partial charge in [-0.05, 0) is 55.3 Å². The standard InChI is InChI=1S/C20H21F3N2O2/c1-27-18-6-3-11-25(13-18)17-9-7-16(8-10-17)24-19(26)14-4-2-5-15(12-14)20(21,22)23/h2,4-5,7-10,12,18H,3,6,11,13H2,1H3,(H,24,26). The molecule has 1 heterocycles. The van der Waals surface area contributed by atoms with Crippen LogP contribution in [-0.4, -0.2) is 32.2 Å². The number of rotatable bonds is 4. The van der Waals surface area contributed by atoms with E-state index in [2.05, 4.69) is 10.2 Å². The fourth-order valence-corrected chi connectivity index (χ4v) is 3.16. The third kappa shape index (κ3) is 4.80. The first kappa shape index (κ1) is 19.2. The first-order valence-electron chi connectivity index (χ1n) is 8.73. The van der Waals surface area contributed by atoms with Crippen LogP contribution < -0.4 is 10.2 Å². The molecule has 0 saturated carbocycles. The van der Waals surface area contributed by atoms with Crippen molar-refractivity contribution in [1.82, 2.24) is 0 Å². The average molecular weight is 378 g/mol. The lowest BCUT2D eigenvalue weighted by Crippen LogP contribution is -2.39. The summed E-state index contributed by atoms with van der Waals surface area (Å²) in [5.41, 5.74) is 0.673. The summed E-state index contributed by atoms with van der Waals surface area (Å²) in [6, 6.07) is 11.6. The fraction of sp³-hybridized carbons (Fsp3) is 0.350. The van der Waals surface area contributed by atoms with Gasteiger partial charge in [0.1, 0.15) is 0 Å². The number of piperidine rings is 1. The normalized spacial score (nSPS) is 17.6. The van der Waals surface area contributed by atoms with Crippen molar-refractivity contribution < 1.29 is 22.7 Å². The SMILES string of the molecule is COC1CCCN(c2ccc(NC(=O)c3cccc(C(F)(F)F)c3)cc2)C1. The van der Waals surface area contributed by atoms with Crippen LogP contribution in [0.4, 0.5) is 24.5 Å². The van der Waals surface area contributed by atoms with Gasteiger partial charge in [-0.3, -0.25) is 4.79 Å². The average Bonchev–Trinajstić information content (AvgIpc) is 2.68. The summed E-state index contributed by atoms with van der Waals surface area (Å²) in [5.74, 6) is -0.578. The number of alkyl halides is 3. The lowest BCUT2D eigenvalue weighted by Gasteiger charge is -2.33. The van der Waals surface area contributed by atoms with Crippen molar-refractivity contribution in [3.05, 3.63) is 59.7 Å². The number of hydrogen-bond donors (Lipinski definition) is 1. The van der Waals surface area contributed by atoms with E-state index in [0.717, 1.165) is 43.8 Å². The molecule has 1 amide bonds. The summed E-state index contributed by atoms with van der Waals surface area (Å²) in [6.45, 7) is 1.75. The molecule has 0 aliphatic carbocycles. The van der Waals surface area contributed by atoms with Crippen molar-refractivity contribution >= 4 is 17.3 Å². The second-order valence-electron chi connectivity index (χ2n) is 6.53. The Morgan fingerprint density at radius 3 is 2.59 bits per heavy atom. The molecule has 0 bridgehead atoms. The number of halogens is 3. The highest BCUT2D eigenvalue weighted by atomic mass is 19.4. The van der Waals surface area contributed by atoms with E-state index in [-0.39, 0.29) is 11.7 Å². The molecule has 1 fully saturated rings. The third-order valence-electron chi connectivity index (χ3n) is 4.65. The minimum atomic E-state index is -4.48. The van der Waals surface area contributed by atoms with Gasteiger partial charge in [0, 0.05) is 37.1 Å². The zero-order valence-corrected chi connectivity index (χ0v) is 14.9. The number of hydrogen-bond acceptors (Lipinski definition) is 3. The van der Waals surface area contributed by atoms with Gasteiger partial charge >= 0.3 is 6.18 Å². The van der Waals surface area contributed by atoms with Crippen molar-refractivity contribution in [2.45, 2.75) is 25.1 Å². The summed E-state index contributed by atoms with van der Waals surface area (Å²) >= 11 is 0. The van der Waals surface area contributed by atoms with Gasteiger partial charge < -0.3 is 15.0 Å². The Bertz CT molecular complexity index is 791. The Balaban J connectivity index is 1.67. The predicted molar refractivity (Wildman–Crippen MR) is 98.1 cm³/mol. The van der Waals surface area contributed by atoms with Gasteiger partial charge in [0.15, 0.2) is 0 Å². The fourth-order valence-electron chi connectivity index (χ4n) is 3.16. The van der Waals surface area contributed by atoms with Crippen molar-refractivity contribution in [3.8, 4) is 0 Å². The minimum Gasteiger partial charge on any atom is -0.380 e. The van der Waals surface area contributed by atoms with Crippen LogP contribution >= 0.6 is 0 Å². The highest BCUT2D eigenvalue weighted by Crippen LogP contribution is 2.30. The zero-order chi connectivity index (χ0) is 19.4. The number of nitrogens with one attached hydrogen (secondary N) is 1. The molecule has 7 heteroatoms. The predicted octanol–water partition coefficient (Wildman–Crippen LogP) is 4.57. The highest BCUT2D eigenvalue weighted by Gasteiger charge is 2.30. The number of ether oxygens (including phenoxy) is 1. The van der Waals surface area contributed by atoms with E-state index in [4.69, 9.17) is 4.74 Å². The number of carbonyl (C=O) groups excluding carboxylic acids is 1. The van der Waals surface area contributed by atoms with Gasteiger partial charge in [0.2, 0.25) is 0 Å². The molecule has 27 heavy (non-hydrogen) atoms. The maximum atomic E-state index is 12.8. The van der Waals surface area contributed by atoms with E-state index >= 15 is 0 Å². The monoisotopic (exact) mass is 378 g/mol. The van der Waals surface area contributed by atoms with Gasteiger partial charge in [-0.15, -0.1) is 0 Å². The second-order valence-corrected chi connectivity index (χ2v) is 6.53. The Morgan fingerprint density at radius 1 is 1.19 bits per heavy atom. The van der Waals surface area contributed by atoms with E-state index < -0.39 is 17.6 Å². The van der Waals surface area contributed by atoms with Crippen LogP contribution in [0.1, 0.15) is 28.8 Å². The Kier molecular flexibility index (Phi) is 5.70. The zero-order valence-electron chi connectivity index (χ0n) is 14.9. The van der Waals surface area contributed by atoms with Crippen LogP contribution in [0.15, 0.2) is 48.5 Å². The highest BCUT2D eigenvalue weighted by molar-refractivity contribution is 6.04. The van der Waals surface area contributed by atoms with E-state index in [1.165, 1.54) is 12.1 Å². The van der Waals surface area contributed by atoms with E-state index in [1.807, 2.05) is 12.1 Å². The molecule has 3 rings (SSSR count). The molecule has 144 valence electrons. The molecule has 1 N–H and O–H groups in total. The van der Waals surface area contributed by atoms with Gasteiger partial charge in [0.05, 0.1) is 11.7 Å². The number of amides is 1. The maximum Gasteiger partial charge on any atom is 0.416 e.